The molecule has 4 unspecified atom stereocenters. The smallest absolute Gasteiger partial charge is 0.191 e. The van der Waals surface area contributed by atoms with Crippen LogP contribution in [-0.4, -0.2) is 60.2 Å². The van der Waals surface area contributed by atoms with Crippen molar-refractivity contribution < 1.29 is 24.4 Å². The first-order chi connectivity index (χ1) is 8.06. The minimum absolute atomic E-state index is 0.401. The molecular formula is C9H17BNO5P. The Morgan fingerprint density at radius 1 is 1.47 bits per heavy atom. The van der Waals surface area contributed by atoms with Crippen molar-refractivity contribution in [2.75, 3.05) is 13.2 Å². The Hall–Kier alpha value is -0.00506. The number of aliphatic hydroxyl groups is 1. The number of rotatable bonds is 6. The second-order valence-corrected chi connectivity index (χ2v) is 4.63. The molecule has 1 aliphatic rings. The van der Waals surface area contributed by atoms with E-state index in [0.717, 1.165) is 5.82 Å². The van der Waals surface area contributed by atoms with Crippen molar-refractivity contribution in [3.63, 3.8) is 0 Å². The van der Waals surface area contributed by atoms with E-state index in [2.05, 4.69) is 0 Å². The molecule has 0 aromatic carbocycles. The van der Waals surface area contributed by atoms with Crippen LogP contribution in [0.15, 0.2) is 11.9 Å². The van der Waals surface area contributed by atoms with Gasteiger partial charge in [0.05, 0.1) is 0 Å². The van der Waals surface area contributed by atoms with Gasteiger partial charge in [0.25, 0.3) is 0 Å². The minimum Gasteiger partial charge on any atom is -0.387 e. The molecule has 5 N–H and O–H groups in total. The van der Waals surface area contributed by atoms with Gasteiger partial charge in [0, 0.05) is 12.6 Å². The van der Waals surface area contributed by atoms with Crippen molar-refractivity contribution in [1.82, 2.24) is 0 Å². The Morgan fingerprint density at radius 2 is 2.18 bits per heavy atom. The largest absolute Gasteiger partial charge is 0.387 e. The van der Waals surface area contributed by atoms with Gasteiger partial charge >= 0.3 is 0 Å². The fourth-order valence-electron chi connectivity index (χ4n) is 1.54. The quantitative estimate of drug-likeness (QED) is 0.271. The SMILES string of the molecule is [B]C1OC(/C=C/P(O)O)C(O)C1OCCCN. The molecule has 1 saturated heterocycles. The van der Waals surface area contributed by atoms with Gasteiger partial charge < -0.3 is 30.1 Å². The van der Waals surface area contributed by atoms with Gasteiger partial charge in [-0.2, -0.15) is 0 Å². The highest BCUT2D eigenvalue weighted by molar-refractivity contribution is 7.48. The summed E-state index contributed by atoms with van der Waals surface area (Å²) in [5.41, 5.74) is 5.32. The van der Waals surface area contributed by atoms with Crippen LogP contribution in [0.5, 0.6) is 0 Å². The van der Waals surface area contributed by atoms with Crippen molar-refractivity contribution >= 4 is 16.2 Å². The van der Waals surface area contributed by atoms with Crippen LogP contribution in [0.2, 0.25) is 0 Å². The molecule has 0 aromatic rings. The van der Waals surface area contributed by atoms with E-state index in [1.54, 1.807) is 0 Å². The molecule has 0 bridgehead atoms. The molecule has 8 heteroatoms. The Kier molecular flexibility index (Phi) is 6.58. The Labute approximate surface area is 103 Å². The summed E-state index contributed by atoms with van der Waals surface area (Å²) in [5.74, 6) is 1.16. The van der Waals surface area contributed by atoms with Gasteiger partial charge in [-0.25, -0.2) is 0 Å². The lowest BCUT2D eigenvalue weighted by atomic mass is 9.93. The van der Waals surface area contributed by atoms with Gasteiger partial charge in [0.1, 0.15) is 26.2 Å². The molecule has 1 aliphatic heterocycles. The maximum Gasteiger partial charge on any atom is 0.191 e. The molecule has 0 saturated carbocycles. The molecular weight excluding hydrogens is 244 g/mol. The van der Waals surface area contributed by atoms with E-state index in [-0.39, 0.29) is 0 Å². The summed E-state index contributed by atoms with van der Waals surface area (Å²) in [7, 11) is 3.51. The van der Waals surface area contributed by atoms with Crippen molar-refractivity contribution in [3.8, 4) is 0 Å². The summed E-state index contributed by atoms with van der Waals surface area (Å²) >= 11 is 0. The van der Waals surface area contributed by atoms with Crippen LogP contribution in [0.3, 0.4) is 0 Å². The highest BCUT2D eigenvalue weighted by Crippen LogP contribution is 2.28. The van der Waals surface area contributed by atoms with E-state index in [1.807, 2.05) is 0 Å². The van der Waals surface area contributed by atoms with Gasteiger partial charge in [-0.05, 0) is 24.9 Å². The lowest BCUT2D eigenvalue weighted by molar-refractivity contribution is -0.0196. The zero-order chi connectivity index (χ0) is 12.8. The maximum absolute atomic E-state index is 9.86. The van der Waals surface area contributed by atoms with Gasteiger partial charge in [-0.1, -0.05) is 0 Å². The van der Waals surface area contributed by atoms with E-state index in [1.165, 1.54) is 6.08 Å². The highest BCUT2D eigenvalue weighted by Gasteiger charge is 2.40. The average molecular weight is 261 g/mol. The fourth-order valence-corrected chi connectivity index (χ4v) is 1.86. The molecule has 4 atom stereocenters. The van der Waals surface area contributed by atoms with Crippen LogP contribution in [-0.2, 0) is 9.47 Å². The van der Waals surface area contributed by atoms with Gasteiger partial charge in [-0.15, -0.1) is 0 Å². The number of hydrogen-bond donors (Lipinski definition) is 4. The lowest BCUT2D eigenvalue weighted by Gasteiger charge is -2.18. The predicted molar refractivity (Wildman–Crippen MR) is 64.3 cm³/mol. The summed E-state index contributed by atoms with van der Waals surface area (Å²) in [6.45, 7) is 0.903. The number of hydrogen-bond acceptors (Lipinski definition) is 6. The monoisotopic (exact) mass is 261 g/mol. The van der Waals surface area contributed by atoms with E-state index in [9.17, 15) is 5.11 Å². The lowest BCUT2D eigenvalue weighted by Crippen LogP contribution is -2.35. The average Bonchev–Trinajstić information content (AvgIpc) is 2.53. The van der Waals surface area contributed by atoms with E-state index < -0.39 is 32.7 Å². The fraction of sp³-hybridized carbons (Fsp3) is 0.778. The normalized spacial score (nSPS) is 33.9. The first-order valence-corrected chi connectivity index (χ1v) is 6.64. The van der Waals surface area contributed by atoms with Crippen LogP contribution in [0.1, 0.15) is 6.42 Å². The number of ether oxygens (including phenoxy) is 2. The van der Waals surface area contributed by atoms with Crippen LogP contribution in [0.4, 0.5) is 0 Å². The summed E-state index contributed by atoms with van der Waals surface area (Å²) in [6, 6.07) is -0.735. The predicted octanol–water partition coefficient (Wildman–Crippen LogP) is -1.22. The van der Waals surface area contributed by atoms with Crippen LogP contribution < -0.4 is 5.73 Å². The Morgan fingerprint density at radius 3 is 2.76 bits per heavy atom. The van der Waals surface area contributed by atoms with Gasteiger partial charge in [0.2, 0.25) is 0 Å². The first kappa shape index (κ1) is 15.1. The molecule has 17 heavy (non-hydrogen) atoms. The van der Waals surface area contributed by atoms with Gasteiger partial charge in [0.15, 0.2) is 8.38 Å². The van der Waals surface area contributed by atoms with Crippen LogP contribution in [0, 0.1) is 0 Å². The standard InChI is InChI=1S/C9H17BNO5P/c10-9-8(15-4-1-3-11)7(12)6(16-9)2-5-17(13)14/h2,5-9,12-14H,1,3-4,11H2/b5-2+. The molecule has 1 rings (SSSR count). The third-order valence-corrected chi connectivity index (χ3v) is 2.82. The summed E-state index contributed by atoms with van der Waals surface area (Å²) in [6.07, 6.45) is -0.177. The zero-order valence-corrected chi connectivity index (χ0v) is 10.2. The topological polar surface area (TPSA) is 105 Å². The summed E-state index contributed by atoms with van der Waals surface area (Å²) in [5, 5.41) is 9.86. The van der Waals surface area contributed by atoms with Crippen molar-refractivity contribution in [2.24, 2.45) is 5.73 Å². The molecule has 0 aromatic heterocycles. The second kappa shape index (κ2) is 7.43. The second-order valence-electron chi connectivity index (χ2n) is 3.70. The molecule has 0 amide bonds. The molecule has 1 heterocycles. The number of nitrogens with two attached hydrogens (primary N) is 1. The minimum atomic E-state index is -2.15. The molecule has 6 nitrogen and oxygen atoms in total. The molecule has 0 spiro atoms. The zero-order valence-electron chi connectivity index (χ0n) is 9.35. The first-order valence-electron chi connectivity index (χ1n) is 5.32. The van der Waals surface area contributed by atoms with Crippen molar-refractivity contribution in [2.45, 2.75) is 30.7 Å². The molecule has 1 fully saturated rings. The van der Waals surface area contributed by atoms with Crippen LogP contribution in [0.25, 0.3) is 0 Å². The van der Waals surface area contributed by atoms with Crippen LogP contribution >= 0.6 is 8.38 Å². The maximum atomic E-state index is 9.86. The van der Waals surface area contributed by atoms with Crippen molar-refractivity contribution in [1.29, 1.82) is 0 Å². The Bertz CT molecular complexity index is 256. The third-order valence-electron chi connectivity index (χ3n) is 2.38. The Balaban J connectivity index is 2.46. The van der Waals surface area contributed by atoms with E-state index >= 15 is 0 Å². The molecule has 0 aliphatic carbocycles. The summed E-state index contributed by atoms with van der Waals surface area (Å²) < 4.78 is 10.6. The van der Waals surface area contributed by atoms with Gasteiger partial charge in [-0.3, -0.25) is 0 Å². The number of aliphatic hydroxyl groups excluding tert-OH is 1. The molecule has 96 valence electrons. The van der Waals surface area contributed by atoms with Crippen molar-refractivity contribution in [3.05, 3.63) is 11.9 Å². The summed E-state index contributed by atoms with van der Waals surface area (Å²) in [4.78, 5) is 17.4. The van der Waals surface area contributed by atoms with E-state index in [0.29, 0.717) is 19.6 Å². The highest BCUT2D eigenvalue weighted by atomic mass is 31.2. The third kappa shape index (κ3) is 4.64. The molecule has 2 radical (unpaired) electrons. The van der Waals surface area contributed by atoms with E-state index in [4.69, 9.17) is 32.8 Å².